The first-order valence-corrected chi connectivity index (χ1v) is 7.59. The van der Waals surface area contributed by atoms with Crippen LogP contribution in [0.2, 0.25) is 0 Å². The van der Waals surface area contributed by atoms with Gasteiger partial charge in [-0.05, 0) is 39.3 Å². The van der Waals surface area contributed by atoms with Crippen molar-refractivity contribution in [2.75, 3.05) is 38.5 Å². The Morgan fingerprint density at radius 1 is 1.44 bits per heavy atom. The molecule has 0 amide bonds. The van der Waals surface area contributed by atoms with Gasteiger partial charge in [-0.15, -0.1) is 0 Å². The molecule has 0 aromatic heterocycles. The monoisotopic (exact) mass is 244 g/mol. The van der Waals surface area contributed by atoms with E-state index in [4.69, 9.17) is 0 Å². The normalized spacial score (nSPS) is 23.2. The molecule has 0 aromatic rings. The summed E-state index contributed by atoms with van der Waals surface area (Å²) in [5.41, 5.74) is 0. The second-order valence-corrected chi connectivity index (χ2v) is 7.45. The molecular weight excluding hydrogens is 216 g/mol. The van der Waals surface area contributed by atoms with E-state index < -0.39 is 0 Å². The van der Waals surface area contributed by atoms with Crippen LogP contribution in [0.4, 0.5) is 0 Å². The molecule has 1 rings (SSSR count). The van der Waals surface area contributed by atoms with Crippen LogP contribution in [0.25, 0.3) is 0 Å². The second kappa shape index (κ2) is 6.87. The summed E-state index contributed by atoms with van der Waals surface area (Å²) < 4.78 is 0.453. The molecule has 0 radical (unpaired) electrons. The molecule has 0 aliphatic carbocycles. The van der Waals surface area contributed by atoms with Crippen molar-refractivity contribution in [3.05, 3.63) is 0 Å². The molecular formula is C13H28N2S. The van der Waals surface area contributed by atoms with Crippen LogP contribution < -0.4 is 5.32 Å². The summed E-state index contributed by atoms with van der Waals surface area (Å²) in [5, 5.41) is 3.51. The molecule has 1 fully saturated rings. The number of thioether (sulfide) groups is 1. The average Bonchev–Trinajstić information content (AvgIpc) is 2.16. The van der Waals surface area contributed by atoms with Gasteiger partial charge in [0.05, 0.1) is 0 Å². The molecule has 0 bridgehead atoms. The van der Waals surface area contributed by atoms with Gasteiger partial charge in [-0.1, -0.05) is 13.8 Å². The van der Waals surface area contributed by atoms with Crippen LogP contribution in [0.5, 0.6) is 0 Å². The lowest BCUT2D eigenvalue weighted by molar-refractivity contribution is 0.225. The maximum absolute atomic E-state index is 3.51. The van der Waals surface area contributed by atoms with E-state index in [1.54, 1.807) is 0 Å². The predicted octanol–water partition coefficient (Wildman–Crippen LogP) is 2.45. The quantitative estimate of drug-likeness (QED) is 0.723. The van der Waals surface area contributed by atoms with Crippen molar-refractivity contribution in [2.45, 2.75) is 38.9 Å². The van der Waals surface area contributed by atoms with Gasteiger partial charge in [-0.3, -0.25) is 0 Å². The molecule has 1 unspecified atom stereocenters. The molecule has 1 atom stereocenters. The summed E-state index contributed by atoms with van der Waals surface area (Å²) in [4.78, 5) is 2.63. The van der Waals surface area contributed by atoms with E-state index in [0.29, 0.717) is 4.75 Å². The van der Waals surface area contributed by atoms with Crippen molar-refractivity contribution in [3.63, 3.8) is 0 Å². The molecule has 96 valence electrons. The van der Waals surface area contributed by atoms with Crippen molar-refractivity contribution in [2.24, 2.45) is 5.92 Å². The van der Waals surface area contributed by atoms with Crippen molar-refractivity contribution >= 4 is 11.8 Å². The van der Waals surface area contributed by atoms with Crippen molar-refractivity contribution in [1.29, 1.82) is 0 Å². The van der Waals surface area contributed by atoms with Gasteiger partial charge in [0.1, 0.15) is 0 Å². The Morgan fingerprint density at radius 3 is 2.81 bits per heavy atom. The first-order valence-electron chi connectivity index (χ1n) is 6.60. The third-order valence-electron chi connectivity index (χ3n) is 2.99. The van der Waals surface area contributed by atoms with Gasteiger partial charge < -0.3 is 10.2 Å². The number of nitrogens with zero attached hydrogens (tertiary/aromatic N) is 1. The molecule has 3 heteroatoms. The van der Waals surface area contributed by atoms with Crippen LogP contribution in [0, 0.1) is 5.92 Å². The third-order valence-corrected chi connectivity index (χ3v) is 4.29. The minimum atomic E-state index is 0.453. The maximum atomic E-state index is 3.51. The fraction of sp³-hybridized carbons (Fsp3) is 1.00. The Morgan fingerprint density at radius 2 is 2.19 bits per heavy atom. The molecule has 0 spiro atoms. The van der Waals surface area contributed by atoms with Crippen LogP contribution in [-0.4, -0.2) is 48.1 Å². The highest BCUT2D eigenvalue weighted by Crippen LogP contribution is 2.29. The summed E-state index contributed by atoms with van der Waals surface area (Å²) in [6, 6.07) is 0. The molecule has 16 heavy (non-hydrogen) atoms. The third kappa shape index (κ3) is 5.55. The number of hydrogen-bond acceptors (Lipinski definition) is 3. The Labute approximate surface area is 106 Å². The van der Waals surface area contributed by atoms with Crippen LogP contribution in [0.15, 0.2) is 0 Å². The van der Waals surface area contributed by atoms with E-state index in [9.17, 15) is 0 Å². The highest BCUT2D eigenvalue weighted by Gasteiger charge is 2.27. The zero-order valence-corrected chi connectivity index (χ0v) is 12.2. The first kappa shape index (κ1) is 14.3. The number of nitrogens with one attached hydrogen (secondary N) is 1. The first-order chi connectivity index (χ1) is 7.53. The predicted molar refractivity (Wildman–Crippen MR) is 75.3 cm³/mol. The van der Waals surface area contributed by atoms with E-state index in [-0.39, 0.29) is 0 Å². The van der Waals surface area contributed by atoms with Crippen LogP contribution in [-0.2, 0) is 0 Å². The average molecular weight is 244 g/mol. The molecule has 1 saturated heterocycles. The van der Waals surface area contributed by atoms with Gasteiger partial charge >= 0.3 is 0 Å². The SMILES string of the molecule is CCCNCC(C)CN1CCSC(C)(C)C1. The Balaban J connectivity index is 2.20. The smallest absolute Gasteiger partial charge is 0.0231 e. The van der Waals surface area contributed by atoms with Crippen LogP contribution >= 0.6 is 11.8 Å². The van der Waals surface area contributed by atoms with Crippen LogP contribution in [0.1, 0.15) is 34.1 Å². The van der Waals surface area contributed by atoms with E-state index in [1.807, 2.05) is 0 Å². The Kier molecular flexibility index (Phi) is 6.16. The van der Waals surface area contributed by atoms with Gasteiger partial charge in [0, 0.05) is 30.1 Å². The fourth-order valence-corrected chi connectivity index (χ4v) is 3.48. The van der Waals surface area contributed by atoms with Gasteiger partial charge in [-0.2, -0.15) is 11.8 Å². The topological polar surface area (TPSA) is 15.3 Å². The summed E-state index contributed by atoms with van der Waals surface area (Å²) in [5.74, 6) is 2.06. The maximum Gasteiger partial charge on any atom is 0.0231 e. The van der Waals surface area contributed by atoms with Gasteiger partial charge in [-0.25, -0.2) is 0 Å². The molecule has 2 nitrogen and oxygen atoms in total. The minimum absolute atomic E-state index is 0.453. The lowest BCUT2D eigenvalue weighted by atomic mass is 10.1. The van der Waals surface area contributed by atoms with E-state index >= 15 is 0 Å². The van der Waals surface area contributed by atoms with Crippen LogP contribution in [0.3, 0.4) is 0 Å². The van der Waals surface area contributed by atoms with E-state index in [0.717, 1.165) is 19.0 Å². The highest BCUT2D eigenvalue weighted by atomic mass is 32.2. The van der Waals surface area contributed by atoms with Gasteiger partial charge in [0.2, 0.25) is 0 Å². The zero-order chi connectivity index (χ0) is 12.0. The van der Waals surface area contributed by atoms with E-state index in [1.165, 1.54) is 31.8 Å². The fourth-order valence-electron chi connectivity index (χ4n) is 2.30. The minimum Gasteiger partial charge on any atom is -0.316 e. The van der Waals surface area contributed by atoms with Crippen molar-refractivity contribution in [3.8, 4) is 0 Å². The Bertz CT molecular complexity index is 194. The summed E-state index contributed by atoms with van der Waals surface area (Å²) in [6.45, 7) is 15.4. The number of rotatable bonds is 6. The summed E-state index contributed by atoms with van der Waals surface area (Å²) >= 11 is 2.12. The molecule has 0 aromatic carbocycles. The molecule has 1 N–H and O–H groups in total. The summed E-state index contributed by atoms with van der Waals surface area (Å²) in [6.07, 6.45) is 1.24. The van der Waals surface area contributed by atoms with Gasteiger partial charge in [0.25, 0.3) is 0 Å². The lowest BCUT2D eigenvalue weighted by Gasteiger charge is -2.38. The number of hydrogen-bond donors (Lipinski definition) is 1. The molecule has 1 aliphatic heterocycles. The molecule has 1 heterocycles. The standard InChI is InChI=1S/C13H28N2S/c1-5-6-14-9-12(2)10-15-7-8-16-13(3,4)11-15/h12,14H,5-11H2,1-4H3. The second-order valence-electron chi connectivity index (χ2n) is 5.65. The summed E-state index contributed by atoms with van der Waals surface area (Å²) in [7, 11) is 0. The van der Waals surface area contributed by atoms with Crippen molar-refractivity contribution in [1.82, 2.24) is 10.2 Å². The van der Waals surface area contributed by atoms with Crippen molar-refractivity contribution < 1.29 is 0 Å². The molecule has 0 saturated carbocycles. The Hall–Kier alpha value is 0.270. The molecule has 1 aliphatic rings. The van der Waals surface area contributed by atoms with Gasteiger partial charge in [0.15, 0.2) is 0 Å². The zero-order valence-electron chi connectivity index (χ0n) is 11.4. The lowest BCUT2D eigenvalue weighted by Crippen LogP contribution is -2.45. The van der Waals surface area contributed by atoms with E-state index in [2.05, 4.69) is 49.7 Å². The highest BCUT2D eigenvalue weighted by molar-refractivity contribution is 8.00. The largest absolute Gasteiger partial charge is 0.316 e.